The van der Waals surface area contributed by atoms with E-state index in [2.05, 4.69) is 5.32 Å². The Morgan fingerprint density at radius 2 is 1.74 bits per heavy atom. The normalized spacial score (nSPS) is 14.0. The molecule has 0 aromatic heterocycles. The summed E-state index contributed by atoms with van der Waals surface area (Å²) in [6.07, 6.45) is 3.85. The van der Waals surface area contributed by atoms with Crippen LogP contribution in [0.15, 0.2) is 59.5 Å². The lowest BCUT2D eigenvalue weighted by atomic mass is 10.1. The van der Waals surface area contributed by atoms with Crippen LogP contribution < -0.4 is 14.4 Å². The lowest BCUT2D eigenvalue weighted by Gasteiger charge is -2.34. The van der Waals surface area contributed by atoms with Crippen molar-refractivity contribution in [2.75, 3.05) is 18.0 Å². The van der Waals surface area contributed by atoms with E-state index in [1.807, 2.05) is 0 Å². The summed E-state index contributed by atoms with van der Waals surface area (Å²) in [6.45, 7) is 2.35. The number of rotatable bonds is 13. The molecule has 3 aromatic carbocycles. The van der Waals surface area contributed by atoms with Gasteiger partial charge in [0.15, 0.2) is 0 Å². The molecule has 1 atom stereocenters. The average Bonchev–Trinajstić information content (AvgIpc) is 3.54. The number of benzene rings is 3. The number of halogens is 3. The topological polar surface area (TPSA) is 139 Å². The first kappa shape index (κ1) is 36.3. The molecule has 47 heavy (non-hydrogen) atoms. The highest BCUT2D eigenvalue weighted by Crippen LogP contribution is 2.36. The lowest BCUT2D eigenvalue weighted by Crippen LogP contribution is -2.53. The highest BCUT2D eigenvalue weighted by Gasteiger charge is 2.36. The second kappa shape index (κ2) is 15.5. The van der Waals surface area contributed by atoms with Crippen molar-refractivity contribution in [3.63, 3.8) is 0 Å². The summed E-state index contributed by atoms with van der Waals surface area (Å²) in [5.41, 5.74) is 0.327. The van der Waals surface area contributed by atoms with Crippen LogP contribution in [0.4, 0.5) is 11.4 Å². The van der Waals surface area contributed by atoms with E-state index in [9.17, 15) is 28.1 Å². The molecule has 2 amide bonds. The third-order valence-electron chi connectivity index (χ3n) is 8.08. The van der Waals surface area contributed by atoms with Crippen LogP contribution in [-0.4, -0.2) is 55.8 Å². The van der Waals surface area contributed by atoms with E-state index >= 15 is 0 Å². The lowest BCUT2D eigenvalue weighted by molar-refractivity contribution is -0.385. The SMILES string of the molecule is CC[C@@H](C(=O)NC1CCCC1)N(Cc1ccc(Cl)c(Cl)c1)C(=O)CN(c1cc(Cl)ccc1OC)S(=O)(=O)c1ccc(C)c([N+](=O)[O-])c1. The third-order valence-corrected chi connectivity index (χ3v) is 10.8. The summed E-state index contributed by atoms with van der Waals surface area (Å²) in [7, 11) is -3.33. The monoisotopic (exact) mass is 724 g/mol. The van der Waals surface area contributed by atoms with Crippen LogP contribution in [-0.2, 0) is 26.2 Å². The number of nitrogens with one attached hydrogen (secondary N) is 1. The first-order chi connectivity index (χ1) is 22.3. The van der Waals surface area contributed by atoms with E-state index in [1.165, 1.54) is 49.3 Å². The van der Waals surface area contributed by atoms with Crippen molar-refractivity contribution in [3.8, 4) is 5.75 Å². The highest BCUT2D eigenvalue weighted by molar-refractivity contribution is 7.92. The Bertz CT molecular complexity index is 1770. The standard InChI is InChI=1S/C32H35Cl3N4O7S/c1-4-27(32(41)36-23-7-5-6-8-23)37(18-21-10-13-25(34)26(35)15-21)31(40)19-38(29-16-22(33)11-14-30(29)46-3)47(44,45)24-12-9-20(2)28(17-24)39(42)43/h9-17,23,27H,4-8,18-19H2,1-3H3,(H,36,41)/t27-/m0/s1. The van der Waals surface area contributed by atoms with E-state index in [0.29, 0.717) is 10.6 Å². The molecule has 0 radical (unpaired) electrons. The number of hydrogen-bond acceptors (Lipinski definition) is 7. The molecule has 15 heteroatoms. The van der Waals surface area contributed by atoms with Crippen molar-refractivity contribution in [2.24, 2.45) is 0 Å². The molecular weight excluding hydrogens is 691 g/mol. The number of carbonyl (C=O) groups is 2. The van der Waals surface area contributed by atoms with Crippen molar-refractivity contribution in [1.82, 2.24) is 10.2 Å². The van der Waals surface area contributed by atoms with E-state index in [-0.39, 0.29) is 52.0 Å². The quantitative estimate of drug-likeness (QED) is 0.149. The summed E-state index contributed by atoms with van der Waals surface area (Å²) in [4.78, 5) is 40.0. The van der Waals surface area contributed by atoms with Gasteiger partial charge >= 0.3 is 0 Å². The summed E-state index contributed by atoms with van der Waals surface area (Å²) in [6, 6.07) is 11.6. The van der Waals surface area contributed by atoms with Gasteiger partial charge in [-0.3, -0.25) is 24.0 Å². The number of anilines is 1. The molecule has 0 aliphatic heterocycles. The van der Waals surface area contributed by atoms with E-state index in [1.54, 1.807) is 25.1 Å². The minimum Gasteiger partial charge on any atom is -0.495 e. The zero-order valence-corrected chi connectivity index (χ0v) is 29.1. The molecule has 1 aliphatic carbocycles. The molecule has 11 nitrogen and oxygen atoms in total. The van der Waals surface area contributed by atoms with Gasteiger partial charge in [0.05, 0.1) is 32.7 Å². The molecule has 1 aliphatic rings. The van der Waals surface area contributed by atoms with Gasteiger partial charge in [-0.05, 0) is 68.1 Å². The Kier molecular flexibility index (Phi) is 12.0. The molecule has 3 aromatic rings. The predicted octanol–water partition coefficient (Wildman–Crippen LogP) is 6.93. The van der Waals surface area contributed by atoms with Gasteiger partial charge in [0.1, 0.15) is 18.3 Å². The fourth-order valence-electron chi connectivity index (χ4n) is 5.57. The fourth-order valence-corrected chi connectivity index (χ4v) is 7.49. The van der Waals surface area contributed by atoms with Gasteiger partial charge in [-0.2, -0.15) is 0 Å². The van der Waals surface area contributed by atoms with Crippen molar-refractivity contribution >= 4 is 68.0 Å². The number of carbonyl (C=O) groups excluding carboxylic acids is 2. The molecule has 1 fully saturated rings. The Morgan fingerprint density at radius 3 is 2.36 bits per heavy atom. The molecular formula is C32H35Cl3N4O7S. The smallest absolute Gasteiger partial charge is 0.273 e. The van der Waals surface area contributed by atoms with E-state index in [0.717, 1.165) is 36.1 Å². The molecule has 1 saturated carbocycles. The maximum absolute atomic E-state index is 14.4. The van der Waals surface area contributed by atoms with Crippen molar-refractivity contribution in [3.05, 3.63) is 90.9 Å². The number of aryl methyl sites for hydroxylation is 1. The van der Waals surface area contributed by atoms with Crippen LogP contribution in [0.3, 0.4) is 0 Å². The molecule has 0 saturated heterocycles. The molecule has 0 heterocycles. The number of nitrogens with zero attached hydrogens (tertiary/aromatic N) is 3. The first-order valence-electron chi connectivity index (χ1n) is 14.9. The van der Waals surface area contributed by atoms with Gasteiger partial charge in [-0.1, -0.05) is 66.7 Å². The van der Waals surface area contributed by atoms with Gasteiger partial charge < -0.3 is 15.0 Å². The van der Waals surface area contributed by atoms with Gasteiger partial charge in [0.2, 0.25) is 11.8 Å². The summed E-state index contributed by atoms with van der Waals surface area (Å²) >= 11 is 18.7. The maximum atomic E-state index is 14.4. The van der Waals surface area contributed by atoms with Crippen LogP contribution in [0, 0.1) is 17.0 Å². The Labute approximate surface area is 288 Å². The highest BCUT2D eigenvalue weighted by atomic mass is 35.5. The van der Waals surface area contributed by atoms with Crippen molar-refractivity contribution in [1.29, 1.82) is 0 Å². The van der Waals surface area contributed by atoms with Crippen molar-refractivity contribution in [2.45, 2.75) is 69.5 Å². The minimum absolute atomic E-state index is 0.0246. The molecule has 0 spiro atoms. The minimum atomic E-state index is -4.66. The zero-order chi connectivity index (χ0) is 34.5. The molecule has 0 bridgehead atoms. The van der Waals surface area contributed by atoms with Gasteiger partial charge in [0.25, 0.3) is 15.7 Å². The van der Waals surface area contributed by atoms with E-state index < -0.39 is 44.0 Å². The maximum Gasteiger partial charge on any atom is 0.273 e. The average molecular weight is 726 g/mol. The number of nitro groups is 1. The Hall–Kier alpha value is -3.58. The largest absolute Gasteiger partial charge is 0.495 e. The number of amides is 2. The number of sulfonamides is 1. The summed E-state index contributed by atoms with van der Waals surface area (Å²) < 4.78 is 34.9. The van der Waals surface area contributed by atoms with Crippen LogP contribution in [0.5, 0.6) is 5.75 Å². The predicted molar refractivity (Wildman–Crippen MR) is 182 cm³/mol. The fraction of sp³-hybridized carbons (Fsp3) is 0.375. The molecule has 4 rings (SSSR count). The van der Waals surface area contributed by atoms with Crippen LogP contribution in [0.1, 0.15) is 50.2 Å². The Morgan fingerprint density at radius 1 is 1.04 bits per heavy atom. The van der Waals surface area contributed by atoms with Gasteiger partial charge in [-0.25, -0.2) is 8.42 Å². The third kappa shape index (κ3) is 8.48. The number of methoxy groups -OCH3 is 1. The Balaban J connectivity index is 1.82. The second-order valence-corrected chi connectivity index (χ2v) is 14.3. The van der Waals surface area contributed by atoms with Crippen molar-refractivity contribution < 1.29 is 27.7 Å². The van der Waals surface area contributed by atoms with Gasteiger partial charge in [-0.15, -0.1) is 0 Å². The first-order valence-corrected chi connectivity index (χ1v) is 17.5. The van der Waals surface area contributed by atoms with E-state index in [4.69, 9.17) is 39.5 Å². The zero-order valence-electron chi connectivity index (χ0n) is 26.0. The molecule has 252 valence electrons. The molecule has 0 unspecified atom stereocenters. The number of hydrogen-bond donors (Lipinski definition) is 1. The summed E-state index contributed by atoms with van der Waals surface area (Å²) in [5, 5.41) is 15.5. The number of ether oxygens (including phenoxy) is 1. The summed E-state index contributed by atoms with van der Waals surface area (Å²) in [5.74, 6) is -1.01. The second-order valence-electron chi connectivity index (χ2n) is 11.2. The number of nitro benzene ring substituents is 1. The van der Waals surface area contributed by atoms with Crippen LogP contribution in [0.2, 0.25) is 15.1 Å². The van der Waals surface area contributed by atoms with Gasteiger partial charge in [0, 0.05) is 29.2 Å². The van der Waals surface area contributed by atoms with Crippen LogP contribution in [0.25, 0.3) is 0 Å². The molecule has 1 N–H and O–H groups in total. The van der Waals surface area contributed by atoms with Crippen LogP contribution >= 0.6 is 34.8 Å².